The van der Waals surface area contributed by atoms with Crippen LogP contribution in [-0.2, 0) is 6.42 Å². The molecule has 0 fully saturated rings. The van der Waals surface area contributed by atoms with Gasteiger partial charge >= 0.3 is 0 Å². The summed E-state index contributed by atoms with van der Waals surface area (Å²) in [6, 6.07) is 3.66. The van der Waals surface area contributed by atoms with Gasteiger partial charge in [-0.2, -0.15) is 5.26 Å². The molecule has 1 rings (SSSR count). The maximum absolute atomic E-state index is 8.84. The van der Waals surface area contributed by atoms with Gasteiger partial charge in [0.1, 0.15) is 16.4 Å². The van der Waals surface area contributed by atoms with Crippen LogP contribution in [0.2, 0.25) is 10.3 Å². The Hall–Kier alpha value is -0.490. The number of alkyl halides is 1. The quantitative estimate of drug-likeness (QED) is 0.608. The molecule has 0 aliphatic heterocycles. The van der Waals surface area contributed by atoms with Crippen LogP contribution in [0, 0.1) is 11.3 Å². The number of aromatic nitrogens is 1. The monoisotopic (exact) mass is 248 g/mol. The first-order chi connectivity index (χ1) is 6.69. The van der Waals surface area contributed by atoms with Crippen LogP contribution in [0.5, 0.6) is 0 Å². The lowest BCUT2D eigenvalue weighted by molar-refractivity contribution is 0.921. The Morgan fingerprint density at radius 2 is 2.14 bits per heavy atom. The summed E-state index contributed by atoms with van der Waals surface area (Å²) in [5.74, 6) is 0.544. The normalized spacial score (nSPS) is 9.86. The Morgan fingerprint density at radius 1 is 1.43 bits per heavy atom. The Labute approximate surface area is 97.4 Å². The van der Waals surface area contributed by atoms with Gasteiger partial charge in [0.05, 0.1) is 5.56 Å². The summed E-state index contributed by atoms with van der Waals surface area (Å²) in [5.41, 5.74) is 1.19. The highest BCUT2D eigenvalue weighted by Gasteiger charge is 2.09. The van der Waals surface area contributed by atoms with Gasteiger partial charge in [-0.3, -0.25) is 0 Å². The second-order valence-corrected chi connectivity index (χ2v) is 3.80. The van der Waals surface area contributed by atoms with Gasteiger partial charge in [-0.1, -0.05) is 23.2 Å². The molecule has 2 nitrogen and oxygen atoms in total. The van der Waals surface area contributed by atoms with Crippen molar-refractivity contribution in [2.24, 2.45) is 0 Å². The van der Waals surface area contributed by atoms with E-state index >= 15 is 0 Å². The molecule has 0 aliphatic carbocycles. The molecule has 0 aliphatic rings. The number of aryl methyl sites for hydroxylation is 1. The molecule has 1 aromatic rings. The average Bonchev–Trinajstić information content (AvgIpc) is 2.14. The molecule has 0 saturated carbocycles. The van der Waals surface area contributed by atoms with Crippen molar-refractivity contribution in [3.05, 3.63) is 27.5 Å². The molecule has 0 amide bonds. The fraction of sp³-hybridized carbons (Fsp3) is 0.333. The zero-order chi connectivity index (χ0) is 10.6. The molecule has 1 heterocycles. The van der Waals surface area contributed by atoms with Gasteiger partial charge in [0.25, 0.3) is 0 Å². The van der Waals surface area contributed by atoms with Gasteiger partial charge in [-0.05, 0) is 24.5 Å². The van der Waals surface area contributed by atoms with Gasteiger partial charge in [0.15, 0.2) is 0 Å². The molecular weight excluding hydrogens is 242 g/mol. The Morgan fingerprint density at radius 3 is 2.71 bits per heavy atom. The predicted molar refractivity (Wildman–Crippen MR) is 58.0 cm³/mol. The summed E-state index contributed by atoms with van der Waals surface area (Å²) >= 11 is 17.0. The summed E-state index contributed by atoms with van der Waals surface area (Å²) in [5, 5.41) is 9.30. The summed E-state index contributed by atoms with van der Waals surface area (Å²) in [6.07, 6.45) is 1.47. The number of rotatable bonds is 3. The number of hydrogen-bond acceptors (Lipinski definition) is 2. The topological polar surface area (TPSA) is 36.7 Å². The lowest BCUT2D eigenvalue weighted by atomic mass is 10.1. The minimum absolute atomic E-state index is 0.157. The van der Waals surface area contributed by atoms with Gasteiger partial charge in [-0.25, -0.2) is 4.98 Å². The maximum atomic E-state index is 8.84. The van der Waals surface area contributed by atoms with Crippen LogP contribution in [0.4, 0.5) is 0 Å². The van der Waals surface area contributed by atoms with Crippen LogP contribution in [0.1, 0.15) is 17.5 Å². The summed E-state index contributed by atoms with van der Waals surface area (Å²) in [6.45, 7) is 0. The fourth-order valence-electron chi connectivity index (χ4n) is 1.10. The SMILES string of the molecule is N#Cc1c(CCCCl)cc(Cl)nc1Cl. The van der Waals surface area contributed by atoms with E-state index in [1.165, 1.54) is 0 Å². The second-order valence-electron chi connectivity index (χ2n) is 2.67. The third kappa shape index (κ3) is 2.75. The fourth-order valence-corrected chi connectivity index (χ4v) is 1.75. The molecule has 0 radical (unpaired) electrons. The van der Waals surface area contributed by atoms with E-state index in [4.69, 9.17) is 40.1 Å². The first-order valence-corrected chi connectivity index (χ1v) is 5.29. The minimum atomic E-state index is 0.157. The molecule has 0 saturated heterocycles. The van der Waals surface area contributed by atoms with Crippen molar-refractivity contribution in [1.82, 2.24) is 4.98 Å². The van der Waals surface area contributed by atoms with E-state index in [0.29, 0.717) is 23.0 Å². The Bertz CT molecular complexity index is 371. The molecule has 14 heavy (non-hydrogen) atoms. The molecule has 1 aromatic heterocycles. The first-order valence-electron chi connectivity index (χ1n) is 4.00. The van der Waals surface area contributed by atoms with Crippen molar-refractivity contribution in [3.63, 3.8) is 0 Å². The molecule has 0 bridgehead atoms. The first kappa shape index (κ1) is 11.6. The van der Waals surface area contributed by atoms with Crippen molar-refractivity contribution in [2.75, 3.05) is 5.88 Å². The van der Waals surface area contributed by atoms with Gasteiger partial charge in [0, 0.05) is 5.88 Å². The number of nitrogens with zero attached hydrogens (tertiary/aromatic N) is 2. The molecule has 0 spiro atoms. The third-order valence-electron chi connectivity index (χ3n) is 1.72. The van der Waals surface area contributed by atoms with Crippen LogP contribution in [-0.4, -0.2) is 10.9 Å². The van der Waals surface area contributed by atoms with Crippen molar-refractivity contribution >= 4 is 34.8 Å². The number of nitriles is 1. The number of hydrogen-bond donors (Lipinski definition) is 0. The van der Waals surface area contributed by atoms with Crippen LogP contribution in [0.15, 0.2) is 6.07 Å². The summed E-state index contributed by atoms with van der Waals surface area (Å²) in [7, 11) is 0. The Kier molecular flexibility index (Phi) is 4.47. The zero-order valence-corrected chi connectivity index (χ0v) is 9.49. The van der Waals surface area contributed by atoms with E-state index in [1.54, 1.807) is 6.07 Å². The van der Waals surface area contributed by atoms with Crippen LogP contribution in [0.3, 0.4) is 0 Å². The number of pyridine rings is 1. The maximum Gasteiger partial charge on any atom is 0.148 e. The zero-order valence-electron chi connectivity index (χ0n) is 7.23. The van der Waals surface area contributed by atoms with Crippen molar-refractivity contribution in [3.8, 4) is 6.07 Å². The van der Waals surface area contributed by atoms with Crippen LogP contribution >= 0.6 is 34.8 Å². The standard InChI is InChI=1S/C9H7Cl3N2/c10-3-1-2-6-4-8(11)14-9(12)7(6)5-13/h4H,1-3H2. The molecular formula is C9H7Cl3N2. The summed E-state index contributed by atoms with van der Waals surface area (Å²) < 4.78 is 0. The lowest BCUT2D eigenvalue weighted by Crippen LogP contribution is -1.95. The van der Waals surface area contributed by atoms with E-state index in [1.807, 2.05) is 6.07 Å². The van der Waals surface area contributed by atoms with E-state index in [0.717, 1.165) is 12.0 Å². The third-order valence-corrected chi connectivity index (χ3v) is 2.45. The lowest BCUT2D eigenvalue weighted by Gasteiger charge is -2.04. The average molecular weight is 250 g/mol. The highest BCUT2D eigenvalue weighted by Crippen LogP contribution is 2.22. The second kappa shape index (κ2) is 5.41. The molecule has 0 N–H and O–H groups in total. The number of halogens is 3. The van der Waals surface area contributed by atoms with E-state index in [2.05, 4.69) is 4.98 Å². The van der Waals surface area contributed by atoms with Crippen LogP contribution in [0.25, 0.3) is 0 Å². The predicted octanol–water partition coefficient (Wildman–Crippen LogP) is 3.43. The van der Waals surface area contributed by atoms with E-state index in [9.17, 15) is 0 Å². The van der Waals surface area contributed by atoms with Crippen molar-refractivity contribution in [1.29, 1.82) is 5.26 Å². The van der Waals surface area contributed by atoms with Gasteiger partial charge in [-0.15, -0.1) is 11.6 Å². The van der Waals surface area contributed by atoms with E-state index < -0.39 is 0 Å². The van der Waals surface area contributed by atoms with Crippen molar-refractivity contribution in [2.45, 2.75) is 12.8 Å². The minimum Gasteiger partial charge on any atom is -0.223 e. The largest absolute Gasteiger partial charge is 0.223 e. The van der Waals surface area contributed by atoms with Crippen molar-refractivity contribution < 1.29 is 0 Å². The molecule has 0 atom stereocenters. The summed E-state index contributed by atoms with van der Waals surface area (Å²) in [4.78, 5) is 3.79. The highest BCUT2D eigenvalue weighted by molar-refractivity contribution is 6.33. The van der Waals surface area contributed by atoms with Crippen LogP contribution < -0.4 is 0 Å². The Balaban J connectivity index is 3.07. The molecule has 74 valence electrons. The van der Waals surface area contributed by atoms with Gasteiger partial charge < -0.3 is 0 Å². The highest BCUT2D eigenvalue weighted by atomic mass is 35.5. The molecule has 0 aromatic carbocycles. The molecule has 5 heteroatoms. The van der Waals surface area contributed by atoms with Gasteiger partial charge in [0.2, 0.25) is 0 Å². The molecule has 0 unspecified atom stereocenters. The van der Waals surface area contributed by atoms with E-state index in [-0.39, 0.29) is 5.15 Å². The smallest absolute Gasteiger partial charge is 0.148 e.